The fourth-order valence-corrected chi connectivity index (χ4v) is 3.10. The second-order valence-electron chi connectivity index (χ2n) is 6.15. The van der Waals surface area contributed by atoms with E-state index in [-0.39, 0.29) is 24.3 Å². The molecule has 0 spiro atoms. The summed E-state index contributed by atoms with van der Waals surface area (Å²) in [6.45, 7) is 0.448. The first-order valence-electron chi connectivity index (χ1n) is 7.97. The Morgan fingerprint density at radius 2 is 2.00 bits per heavy atom. The molecule has 0 aliphatic carbocycles. The van der Waals surface area contributed by atoms with Crippen LogP contribution in [0.4, 0.5) is 0 Å². The van der Waals surface area contributed by atoms with Crippen LogP contribution in [0, 0.1) is 0 Å². The topological polar surface area (TPSA) is 88.3 Å². The minimum atomic E-state index is -0.277. The number of nitrogens with zero attached hydrogens (tertiary/aromatic N) is 3. The highest BCUT2D eigenvalue weighted by Gasteiger charge is 2.30. The second kappa shape index (κ2) is 6.01. The molecule has 1 atom stereocenters. The summed E-state index contributed by atoms with van der Waals surface area (Å²) >= 11 is 0. The van der Waals surface area contributed by atoms with Gasteiger partial charge in [-0.15, -0.1) is 0 Å². The first-order valence-corrected chi connectivity index (χ1v) is 7.97. The molecule has 4 rings (SSSR count). The van der Waals surface area contributed by atoms with Crippen molar-refractivity contribution in [3.63, 3.8) is 0 Å². The van der Waals surface area contributed by atoms with Gasteiger partial charge in [0, 0.05) is 19.2 Å². The normalized spacial score (nSPS) is 15.9. The third kappa shape index (κ3) is 2.84. The van der Waals surface area contributed by atoms with Gasteiger partial charge in [-0.2, -0.15) is 0 Å². The zero-order valence-electron chi connectivity index (χ0n) is 13.6. The number of hydrogen-bond acceptors (Lipinski definition) is 5. The van der Waals surface area contributed by atoms with E-state index in [0.717, 1.165) is 11.1 Å². The molecule has 1 unspecified atom stereocenters. The van der Waals surface area contributed by atoms with Gasteiger partial charge in [-0.1, -0.05) is 24.3 Å². The van der Waals surface area contributed by atoms with Crippen LogP contribution in [-0.4, -0.2) is 34.1 Å². The highest BCUT2D eigenvalue weighted by atomic mass is 16.6. The van der Waals surface area contributed by atoms with E-state index in [4.69, 9.17) is 0 Å². The van der Waals surface area contributed by atoms with Crippen molar-refractivity contribution >= 4 is 22.8 Å². The van der Waals surface area contributed by atoms with Crippen molar-refractivity contribution in [2.75, 3.05) is 7.05 Å². The maximum atomic E-state index is 12.6. The van der Waals surface area contributed by atoms with Crippen molar-refractivity contribution < 1.29 is 14.2 Å². The van der Waals surface area contributed by atoms with Crippen LogP contribution in [0.25, 0.3) is 11.0 Å². The predicted octanol–water partition coefficient (Wildman–Crippen LogP) is 2.06. The third-order valence-electron chi connectivity index (χ3n) is 4.43. The quantitative estimate of drug-likeness (QED) is 0.788. The van der Waals surface area contributed by atoms with Crippen LogP contribution in [0.5, 0.6) is 0 Å². The van der Waals surface area contributed by atoms with Gasteiger partial charge in [-0.05, 0) is 39.6 Å². The van der Waals surface area contributed by atoms with Gasteiger partial charge < -0.3 is 10.2 Å². The minimum absolute atomic E-state index is 0.0413. The van der Waals surface area contributed by atoms with E-state index in [9.17, 15) is 9.59 Å². The molecule has 1 aromatic heterocycles. The molecule has 25 heavy (non-hydrogen) atoms. The molecule has 2 amide bonds. The van der Waals surface area contributed by atoms with E-state index in [1.165, 1.54) is 0 Å². The Hall–Kier alpha value is -3.22. The highest BCUT2D eigenvalue weighted by Crippen LogP contribution is 2.28. The van der Waals surface area contributed by atoms with Crippen LogP contribution < -0.4 is 5.32 Å². The molecule has 2 aromatic carbocycles. The molecule has 1 aliphatic rings. The summed E-state index contributed by atoms with van der Waals surface area (Å²) in [6, 6.07) is 12.6. The van der Waals surface area contributed by atoms with Crippen LogP contribution >= 0.6 is 0 Å². The molecule has 7 heteroatoms. The number of benzene rings is 2. The van der Waals surface area contributed by atoms with Gasteiger partial charge in [0.05, 0.1) is 12.5 Å². The lowest BCUT2D eigenvalue weighted by Gasteiger charge is -2.20. The van der Waals surface area contributed by atoms with Crippen molar-refractivity contribution in [3.8, 4) is 0 Å². The minimum Gasteiger partial charge on any atom is -0.345 e. The Morgan fingerprint density at radius 3 is 2.88 bits per heavy atom. The number of amides is 2. The summed E-state index contributed by atoms with van der Waals surface area (Å²) in [5, 5.41) is 10.4. The summed E-state index contributed by atoms with van der Waals surface area (Å²) in [5.41, 5.74) is 3.81. The first-order chi connectivity index (χ1) is 12.1. The number of carbonyl (C=O) groups is 2. The van der Waals surface area contributed by atoms with Gasteiger partial charge in [-0.3, -0.25) is 9.59 Å². The molecule has 0 saturated carbocycles. The summed E-state index contributed by atoms with van der Waals surface area (Å²) in [6.07, 6.45) is 0.229. The summed E-state index contributed by atoms with van der Waals surface area (Å²) in [5.74, 6) is -0.166. The van der Waals surface area contributed by atoms with Gasteiger partial charge in [0.1, 0.15) is 11.0 Å². The molecule has 1 N–H and O–H groups in total. The third-order valence-corrected chi connectivity index (χ3v) is 4.43. The predicted molar refractivity (Wildman–Crippen MR) is 89.5 cm³/mol. The van der Waals surface area contributed by atoms with Crippen LogP contribution in [-0.2, 0) is 11.3 Å². The molecule has 0 saturated heterocycles. The van der Waals surface area contributed by atoms with E-state index in [1.54, 1.807) is 18.0 Å². The summed E-state index contributed by atoms with van der Waals surface area (Å²) in [4.78, 5) is 26.2. The molecule has 0 radical (unpaired) electrons. The number of aromatic nitrogens is 2. The number of nitrogens with one attached hydrogen (secondary N) is 1. The lowest BCUT2D eigenvalue weighted by molar-refractivity contribution is -0.130. The number of carbonyl (C=O) groups excluding carboxylic acids is 2. The van der Waals surface area contributed by atoms with Gasteiger partial charge in [-0.25, -0.2) is 4.63 Å². The Labute approximate surface area is 143 Å². The Morgan fingerprint density at radius 1 is 1.20 bits per heavy atom. The smallest absolute Gasteiger partial charge is 0.252 e. The van der Waals surface area contributed by atoms with Crippen molar-refractivity contribution in [1.82, 2.24) is 20.5 Å². The van der Waals surface area contributed by atoms with Crippen LogP contribution in [0.3, 0.4) is 0 Å². The van der Waals surface area contributed by atoms with Gasteiger partial charge in [0.2, 0.25) is 5.91 Å². The number of fused-ring (bicyclic) bond motifs is 2. The molecule has 2 heterocycles. The molecule has 126 valence electrons. The molecule has 3 aromatic rings. The molecular formula is C18H16N4O3. The fraction of sp³-hybridized carbons (Fsp3) is 0.222. The van der Waals surface area contributed by atoms with E-state index in [1.807, 2.05) is 36.4 Å². The van der Waals surface area contributed by atoms with Crippen LogP contribution in [0.1, 0.15) is 33.9 Å². The van der Waals surface area contributed by atoms with E-state index in [2.05, 4.69) is 20.3 Å². The standard InChI is InChI=1S/C18H16N4O3/c1-22(10-11-6-7-14-16(8-11)21-25-20-14)17(23)9-15-12-4-2-3-5-13(12)18(24)19-15/h2-8,15H,9-10H2,1H3,(H,19,24). The van der Waals surface area contributed by atoms with Crippen molar-refractivity contribution in [3.05, 3.63) is 59.2 Å². The molecule has 0 bridgehead atoms. The molecular weight excluding hydrogens is 320 g/mol. The first kappa shape index (κ1) is 15.3. The monoisotopic (exact) mass is 336 g/mol. The fourth-order valence-electron chi connectivity index (χ4n) is 3.10. The van der Waals surface area contributed by atoms with Crippen molar-refractivity contribution in [2.45, 2.75) is 19.0 Å². The average molecular weight is 336 g/mol. The lowest BCUT2D eigenvalue weighted by atomic mass is 10.0. The Bertz CT molecular complexity index is 966. The van der Waals surface area contributed by atoms with E-state index >= 15 is 0 Å². The largest absolute Gasteiger partial charge is 0.345 e. The zero-order valence-corrected chi connectivity index (χ0v) is 13.6. The van der Waals surface area contributed by atoms with Crippen LogP contribution in [0.15, 0.2) is 47.1 Å². The summed E-state index contributed by atoms with van der Waals surface area (Å²) < 4.78 is 4.68. The van der Waals surface area contributed by atoms with Gasteiger partial charge >= 0.3 is 0 Å². The zero-order chi connectivity index (χ0) is 17.4. The van der Waals surface area contributed by atoms with Crippen molar-refractivity contribution in [2.24, 2.45) is 0 Å². The second-order valence-corrected chi connectivity index (χ2v) is 6.15. The van der Waals surface area contributed by atoms with Crippen molar-refractivity contribution in [1.29, 1.82) is 0 Å². The number of hydrogen-bond donors (Lipinski definition) is 1. The number of rotatable bonds is 4. The SMILES string of the molecule is CN(Cc1ccc2nonc2c1)C(=O)CC1NC(=O)c2ccccc21. The lowest BCUT2D eigenvalue weighted by Crippen LogP contribution is -2.30. The molecule has 7 nitrogen and oxygen atoms in total. The highest BCUT2D eigenvalue weighted by molar-refractivity contribution is 5.99. The maximum Gasteiger partial charge on any atom is 0.252 e. The van der Waals surface area contributed by atoms with Gasteiger partial charge in [0.15, 0.2) is 0 Å². The van der Waals surface area contributed by atoms with E-state index in [0.29, 0.717) is 23.1 Å². The summed E-state index contributed by atoms with van der Waals surface area (Å²) in [7, 11) is 1.75. The van der Waals surface area contributed by atoms with Gasteiger partial charge in [0.25, 0.3) is 5.91 Å². The van der Waals surface area contributed by atoms with E-state index < -0.39 is 0 Å². The van der Waals surface area contributed by atoms with Crippen LogP contribution in [0.2, 0.25) is 0 Å². The molecule has 0 fully saturated rings. The average Bonchev–Trinajstić information content (AvgIpc) is 3.20. The Balaban J connectivity index is 1.45. The Kier molecular flexibility index (Phi) is 3.68. The maximum absolute atomic E-state index is 12.6. The molecule has 1 aliphatic heterocycles.